The van der Waals surface area contributed by atoms with Crippen LogP contribution in [0, 0.1) is 0 Å². The lowest BCUT2D eigenvalue weighted by atomic mass is 10.2. The number of esters is 2. The summed E-state index contributed by atoms with van der Waals surface area (Å²) in [5.41, 5.74) is -0.0841. The predicted molar refractivity (Wildman–Crippen MR) is 73.5 cm³/mol. The molecule has 0 aromatic heterocycles. The lowest BCUT2D eigenvalue weighted by Crippen LogP contribution is -2.21. The van der Waals surface area contributed by atoms with Crippen molar-refractivity contribution in [1.29, 1.82) is 0 Å². The van der Waals surface area contributed by atoms with Gasteiger partial charge in [-0.05, 0) is 20.3 Å². The van der Waals surface area contributed by atoms with Crippen molar-refractivity contribution in [3.05, 3.63) is 11.8 Å². The second-order valence-corrected chi connectivity index (χ2v) is 4.01. The summed E-state index contributed by atoms with van der Waals surface area (Å²) in [6.45, 7) is 6.71. The van der Waals surface area contributed by atoms with E-state index in [0.29, 0.717) is 0 Å². The SMILES string of the molecule is CCCCCCNC=C(C(=O)OCC)C(=O)OCC. The van der Waals surface area contributed by atoms with Gasteiger partial charge < -0.3 is 14.8 Å². The molecule has 0 bridgehead atoms. The number of hydrogen-bond acceptors (Lipinski definition) is 5. The highest BCUT2D eigenvalue weighted by Crippen LogP contribution is 2.02. The largest absolute Gasteiger partial charge is 0.462 e. The Morgan fingerprint density at radius 3 is 2.00 bits per heavy atom. The number of rotatable bonds is 10. The van der Waals surface area contributed by atoms with E-state index in [0.717, 1.165) is 19.4 Å². The van der Waals surface area contributed by atoms with Crippen molar-refractivity contribution >= 4 is 11.9 Å². The van der Waals surface area contributed by atoms with E-state index in [4.69, 9.17) is 9.47 Å². The van der Waals surface area contributed by atoms with Crippen LogP contribution in [-0.4, -0.2) is 31.7 Å². The molecule has 0 fully saturated rings. The summed E-state index contributed by atoms with van der Waals surface area (Å²) < 4.78 is 9.64. The van der Waals surface area contributed by atoms with Crippen molar-refractivity contribution in [2.45, 2.75) is 46.5 Å². The molecule has 0 aliphatic heterocycles. The second kappa shape index (κ2) is 11.6. The molecular formula is C14H25NO4. The lowest BCUT2D eigenvalue weighted by molar-refractivity contribution is -0.146. The maximum absolute atomic E-state index is 11.6. The number of ether oxygens (including phenoxy) is 2. The number of carbonyl (C=O) groups excluding carboxylic acids is 2. The average Bonchev–Trinajstić information content (AvgIpc) is 2.38. The van der Waals surface area contributed by atoms with Crippen molar-refractivity contribution in [2.24, 2.45) is 0 Å². The summed E-state index contributed by atoms with van der Waals surface area (Å²) in [7, 11) is 0. The minimum absolute atomic E-state index is 0.0841. The number of hydrogen-bond donors (Lipinski definition) is 1. The van der Waals surface area contributed by atoms with Gasteiger partial charge in [0.15, 0.2) is 5.57 Å². The first-order valence-corrected chi connectivity index (χ1v) is 6.95. The van der Waals surface area contributed by atoms with E-state index in [1.54, 1.807) is 13.8 Å². The first kappa shape index (κ1) is 17.5. The highest BCUT2D eigenvalue weighted by atomic mass is 16.6. The Balaban J connectivity index is 4.31. The number of unbranched alkanes of at least 4 members (excludes halogenated alkanes) is 3. The molecule has 0 aliphatic rings. The zero-order chi connectivity index (χ0) is 14.5. The fourth-order valence-electron chi connectivity index (χ4n) is 1.45. The summed E-state index contributed by atoms with van der Waals surface area (Å²) in [4.78, 5) is 23.2. The van der Waals surface area contributed by atoms with Gasteiger partial charge in [0, 0.05) is 12.7 Å². The molecule has 0 unspecified atom stereocenters. The van der Waals surface area contributed by atoms with Crippen molar-refractivity contribution < 1.29 is 19.1 Å². The summed E-state index contributed by atoms with van der Waals surface area (Å²) in [6, 6.07) is 0. The maximum atomic E-state index is 11.6. The molecule has 5 nitrogen and oxygen atoms in total. The lowest BCUT2D eigenvalue weighted by Gasteiger charge is -2.07. The van der Waals surface area contributed by atoms with Crippen LogP contribution in [-0.2, 0) is 19.1 Å². The van der Waals surface area contributed by atoms with Crippen molar-refractivity contribution in [3.8, 4) is 0 Å². The molecule has 0 radical (unpaired) electrons. The van der Waals surface area contributed by atoms with Crippen LogP contribution in [0.2, 0.25) is 0 Å². The first-order chi connectivity index (χ1) is 9.17. The van der Waals surface area contributed by atoms with Crippen molar-refractivity contribution in [3.63, 3.8) is 0 Å². The third-order valence-electron chi connectivity index (χ3n) is 2.41. The van der Waals surface area contributed by atoms with Crippen LogP contribution in [0.4, 0.5) is 0 Å². The van der Waals surface area contributed by atoms with E-state index < -0.39 is 11.9 Å². The summed E-state index contributed by atoms with van der Waals surface area (Å²) in [6.07, 6.45) is 5.89. The second-order valence-electron chi connectivity index (χ2n) is 4.01. The number of carbonyl (C=O) groups is 2. The van der Waals surface area contributed by atoms with Crippen LogP contribution in [0.5, 0.6) is 0 Å². The van der Waals surface area contributed by atoms with Crippen molar-refractivity contribution in [2.75, 3.05) is 19.8 Å². The van der Waals surface area contributed by atoms with Crippen LogP contribution < -0.4 is 5.32 Å². The van der Waals surface area contributed by atoms with Gasteiger partial charge in [-0.25, -0.2) is 9.59 Å². The molecule has 19 heavy (non-hydrogen) atoms. The van der Waals surface area contributed by atoms with Crippen LogP contribution in [0.3, 0.4) is 0 Å². The Morgan fingerprint density at radius 2 is 1.53 bits per heavy atom. The van der Waals surface area contributed by atoms with Gasteiger partial charge in [-0.3, -0.25) is 0 Å². The van der Waals surface area contributed by atoms with Crippen molar-refractivity contribution in [1.82, 2.24) is 5.32 Å². The van der Waals surface area contributed by atoms with Gasteiger partial charge in [0.1, 0.15) is 0 Å². The van der Waals surface area contributed by atoms with E-state index in [2.05, 4.69) is 12.2 Å². The van der Waals surface area contributed by atoms with Gasteiger partial charge in [-0.1, -0.05) is 26.2 Å². The van der Waals surface area contributed by atoms with Crippen LogP contribution >= 0.6 is 0 Å². The van der Waals surface area contributed by atoms with Gasteiger partial charge in [0.05, 0.1) is 13.2 Å². The molecule has 0 aromatic carbocycles. The molecule has 0 amide bonds. The highest BCUT2D eigenvalue weighted by molar-refractivity contribution is 6.13. The first-order valence-electron chi connectivity index (χ1n) is 6.95. The van der Waals surface area contributed by atoms with E-state index in [1.807, 2.05) is 0 Å². The summed E-state index contributed by atoms with van der Waals surface area (Å²) in [5.74, 6) is -1.30. The molecule has 0 saturated heterocycles. The Kier molecular flexibility index (Phi) is 10.6. The van der Waals surface area contributed by atoms with E-state index in [9.17, 15) is 9.59 Å². The molecule has 0 spiro atoms. The Hall–Kier alpha value is -1.52. The molecule has 1 N–H and O–H groups in total. The number of nitrogens with one attached hydrogen (secondary N) is 1. The third-order valence-corrected chi connectivity index (χ3v) is 2.41. The normalized spacial score (nSPS) is 9.63. The fraction of sp³-hybridized carbons (Fsp3) is 0.714. The Bertz CT molecular complexity index is 280. The average molecular weight is 271 g/mol. The zero-order valence-electron chi connectivity index (χ0n) is 12.2. The molecular weight excluding hydrogens is 246 g/mol. The van der Waals surface area contributed by atoms with Gasteiger partial charge in [-0.15, -0.1) is 0 Å². The van der Waals surface area contributed by atoms with Crippen LogP contribution in [0.25, 0.3) is 0 Å². The standard InChI is InChI=1S/C14H25NO4/c1-4-7-8-9-10-15-11-12(13(16)18-5-2)14(17)19-6-3/h11,15H,4-10H2,1-3H3. The molecule has 0 atom stereocenters. The molecule has 5 heteroatoms. The minimum atomic E-state index is -0.651. The van der Waals surface area contributed by atoms with Gasteiger partial charge >= 0.3 is 11.9 Å². The monoisotopic (exact) mass is 271 g/mol. The summed E-state index contributed by atoms with van der Waals surface area (Å²) in [5, 5.41) is 2.96. The third kappa shape index (κ3) is 8.24. The Morgan fingerprint density at radius 1 is 0.947 bits per heavy atom. The van der Waals surface area contributed by atoms with E-state index in [1.165, 1.54) is 19.0 Å². The molecule has 0 saturated carbocycles. The van der Waals surface area contributed by atoms with Gasteiger partial charge in [0.25, 0.3) is 0 Å². The van der Waals surface area contributed by atoms with E-state index in [-0.39, 0.29) is 18.8 Å². The maximum Gasteiger partial charge on any atom is 0.347 e. The molecule has 0 aliphatic carbocycles. The molecule has 110 valence electrons. The smallest absolute Gasteiger partial charge is 0.347 e. The quantitative estimate of drug-likeness (QED) is 0.217. The molecule has 0 aromatic rings. The summed E-state index contributed by atoms with van der Waals surface area (Å²) >= 11 is 0. The topological polar surface area (TPSA) is 64.6 Å². The molecule has 0 heterocycles. The predicted octanol–water partition coefficient (Wildman–Crippen LogP) is 2.17. The van der Waals surface area contributed by atoms with E-state index >= 15 is 0 Å². The minimum Gasteiger partial charge on any atom is -0.462 e. The van der Waals surface area contributed by atoms with Crippen LogP contribution in [0.1, 0.15) is 46.5 Å². The van der Waals surface area contributed by atoms with Gasteiger partial charge in [-0.2, -0.15) is 0 Å². The highest BCUT2D eigenvalue weighted by Gasteiger charge is 2.20. The zero-order valence-corrected chi connectivity index (χ0v) is 12.2. The fourth-order valence-corrected chi connectivity index (χ4v) is 1.45. The van der Waals surface area contributed by atoms with Gasteiger partial charge in [0.2, 0.25) is 0 Å². The molecule has 0 rings (SSSR count). The van der Waals surface area contributed by atoms with Crippen LogP contribution in [0.15, 0.2) is 11.8 Å². The Labute approximate surface area is 115 Å².